The second-order valence-electron chi connectivity index (χ2n) is 5.17. The molecule has 1 aromatic carbocycles. The third-order valence-electron chi connectivity index (χ3n) is 3.44. The number of hydrogen-bond acceptors (Lipinski definition) is 4. The van der Waals surface area contributed by atoms with E-state index in [0.717, 1.165) is 16.9 Å². The fraction of sp³-hybridized carbons (Fsp3) is 0.200. The molecule has 0 radical (unpaired) electrons. The van der Waals surface area contributed by atoms with Gasteiger partial charge in [0.25, 0.3) is 0 Å². The normalized spacial score (nSPS) is 11.5. The SMILES string of the molecule is Cc1ccc(-n2nc(C)c(/C=N\n3c(C)n[nH]c3=S)c2Cl)cc1. The summed E-state index contributed by atoms with van der Waals surface area (Å²) in [5, 5.41) is 16.0. The maximum atomic E-state index is 6.47. The van der Waals surface area contributed by atoms with Crippen LogP contribution in [0.15, 0.2) is 29.4 Å². The summed E-state index contributed by atoms with van der Waals surface area (Å²) in [5.74, 6) is 0.672. The highest BCUT2D eigenvalue weighted by atomic mass is 35.5. The van der Waals surface area contributed by atoms with E-state index in [4.69, 9.17) is 23.8 Å². The van der Waals surface area contributed by atoms with E-state index >= 15 is 0 Å². The van der Waals surface area contributed by atoms with E-state index in [0.29, 0.717) is 15.7 Å². The molecular formula is C15H15ClN6S. The van der Waals surface area contributed by atoms with Crippen molar-refractivity contribution in [1.82, 2.24) is 24.7 Å². The fourth-order valence-electron chi connectivity index (χ4n) is 2.14. The largest absolute Gasteiger partial charge is 0.250 e. The van der Waals surface area contributed by atoms with Gasteiger partial charge in [-0.1, -0.05) is 29.3 Å². The van der Waals surface area contributed by atoms with Crippen LogP contribution in [0.3, 0.4) is 0 Å². The molecule has 0 spiro atoms. The minimum atomic E-state index is 0.429. The molecule has 0 bridgehead atoms. The summed E-state index contributed by atoms with van der Waals surface area (Å²) in [6, 6.07) is 7.99. The first kappa shape index (κ1) is 15.6. The monoisotopic (exact) mass is 346 g/mol. The second-order valence-corrected chi connectivity index (χ2v) is 5.91. The summed E-state index contributed by atoms with van der Waals surface area (Å²) < 4.78 is 3.66. The minimum absolute atomic E-state index is 0.429. The van der Waals surface area contributed by atoms with Gasteiger partial charge in [-0.15, -0.1) is 0 Å². The second kappa shape index (κ2) is 6.10. The van der Waals surface area contributed by atoms with Gasteiger partial charge >= 0.3 is 0 Å². The van der Waals surface area contributed by atoms with Crippen LogP contribution in [0.25, 0.3) is 5.69 Å². The third-order valence-corrected chi connectivity index (χ3v) is 4.07. The first-order valence-electron chi connectivity index (χ1n) is 6.98. The molecule has 2 aromatic heterocycles. The molecule has 0 amide bonds. The summed E-state index contributed by atoms with van der Waals surface area (Å²) in [6.45, 7) is 5.74. The third kappa shape index (κ3) is 2.97. The fourth-order valence-corrected chi connectivity index (χ4v) is 2.68. The Hall–Kier alpha value is -2.25. The van der Waals surface area contributed by atoms with Crippen LogP contribution in [0, 0.1) is 25.5 Å². The number of nitrogens with one attached hydrogen (secondary N) is 1. The van der Waals surface area contributed by atoms with E-state index in [2.05, 4.69) is 20.4 Å². The quantitative estimate of drug-likeness (QED) is 0.582. The molecule has 118 valence electrons. The molecule has 3 rings (SSSR count). The summed E-state index contributed by atoms with van der Waals surface area (Å²) in [6.07, 6.45) is 1.65. The molecule has 0 saturated heterocycles. The van der Waals surface area contributed by atoms with E-state index in [1.807, 2.05) is 45.0 Å². The predicted octanol–water partition coefficient (Wildman–Crippen LogP) is 3.59. The lowest BCUT2D eigenvalue weighted by molar-refractivity contribution is 0.820. The van der Waals surface area contributed by atoms with Gasteiger partial charge in [0, 0.05) is 0 Å². The standard InChI is InChI=1S/C15H15ClN6S/c1-9-4-6-12(7-5-9)22-14(16)13(10(2)20-22)8-17-21-11(3)18-19-15(21)23/h4-8H,1-3H3,(H,19,23)/b17-8-. The number of benzene rings is 1. The molecule has 8 heteroatoms. The van der Waals surface area contributed by atoms with E-state index in [9.17, 15) is 0 Å². The predicted molar refractivity (Wildman–Crippen MR) is 93.2 cm³/mol. The molecule has 0 aliphatic carbocycles. The smallest absolute Gasteiger partial charge is 0.216 e. The van der Waals surface area contributed by atoms with Crippen molar-refractivity contribution >= 4 is 30.0 Å². The van der Waals surface area contributed by atoms with E-state index in [1.54, 1.807) is 10.9 Å². The number of hydrogen-bond donors (Lipinski definition) is 1. The molecular weight excluding hydrogens is 332 g/mol. The topological polar surface area (TPSA) is 63.8 Å². The molecule has 0 atom stereocenters. The zero-order valence-corrected chi connectivity index (χ0v) is 14.5. The van der Waals surface area contributed by atoms with Gasteiger partial charge in [0.2, 0.25) is 4.77 Å². The molecule has 1 N–H and O–H groups in total. The molecule has 2 heterocycles. The summed E-state index contributed by atoms with van der Waals surface area (Å²) in [7, 11) is 0. The summed E-state index contributed by atoms with van der Waals surface area (Å²) in [4.78, 5) is 0. The molecule has 0 saturated carbocycles. The van der Waals surface area contributed by atoms with Crippen LogP contribution in [0.2, 0.25) is 5.15 Å². The summed E-state index contributed by atoms with van der Waals surface area (Å²) in [5.41, 5.74) is 3.61. The van der Waals surface area contributed by atoms with Crippen LogP contribution < -0.4 is 0 Å². The van der Waals surface area contributed by atoms with E-state index in [-0.39, 0.29) is 0 Å². The van der Waals surface area contributed by atoms with Crippen molar-refractivity contribution in [3.8, 4) is 5.69 Å². The maximum Gasteiger partial charge on any atom is 0.216 e. The Morgan fingerprint density at radius 1 is 1.22 bits per heavy atom. The number of halogens is 1. The van der Waals surface area contributed by atoms with Gasteiger partial charge in [-0.25, -0.2) is 4.68 Å². The average molecular weight is 347 g/mol. The number of aromatic amines is 1. The first-order chi connectivity index (χ1) is 11.0. The van der Waals surface area contributed by atoms with Crippen LogP contribution in [-0.2, 0) is 0 Å². The molecule has 0 fully saturated rings. The molecule has 3 aromatic rings. The van der Waals surface area contributed by atoms with Crippen molar-refractivity contribution in [1.29, 1.82) is 0 Å². The highest BCUT2D eigenvalue weighted by molar-refractivity contribution is 7.71. The van der Waals surface area contributed by atoms with Crippen LogP contribution in [0.4, 0.5) is 0 Å². The molecule has 0 aliphatic rings. The Morgan fingerprint density at radius 3 is 2.52 bits per heavy atom. The zero-order valence-electron chi connectivity index (χ0n) is 12.9. The Bertz CT molecular complexity index is 932. The Labute approximate surface area is 143 Å². The van der Waals surface area contributed by atoms with Crippen molar-refractivity contribution in [3.05, 3.63) is 56.8 Å². The summed E-state index contributed by atoms with van der Waals surface area (Å²) >= 11 is 11.6. The van der Waals surface area contributed by atoms with Gasteiger partial charge in [-0.3, -0.25) is 5.10 Å². The van der Waals surface area contributed by atoms with Crippen LogP contribution in [0.1, 0.15) is 22.6 Å². The van der Waals surface area contributed by atoms with E-state index in [1.165, 1.54) is 10.2 Å². The van der Waals surface area contributed by atoms with Crippen LogP contribution in [0.5, 0.6) is 0 Å². The van der Waals surface area contributed by atoms with Gasteiger partial charge in [0.05, 0.1) is 23.2 Å². The molecule has 23 heavy (non-hydrogen) atoms. The lowest BCUT2D eigenvalue weighted by Crippen LogP contribution is -1.97. The molecule has 0 unspecified atom stereocenters. The Balaban J connectivity index is 2.01. The van der Waals surface area contributed by atoms with Crippen molar-refractivity contribution in [2.75, 3.05) is 0 Å². The van der Waals surface area contributed by atoms with Crippen LogP contribution >= 0.6 is 23.8 Å². The lowest BCUT2D eigenvalue weighted by atomic mass is 10.2. The van der Waals surface area contributed by atoms with Gasteiger partial charge in [0.15, 0.2) is 0 Å². The highest BCUT2D eigenvalue weighted by Gasteiger charge is 2.13. The first-order valence-corrected chi connectivity index (χ1v) is 7.76. The van der Waals surface area contributed by atoms with Crippen molar-refractivity contribution in [2.45, 2.75) is 20.8 Å². The number of H-pyrrole nitrogens is 1. The van der Waals surface area contributed by atoms with Gasteiger partial charge in [-0.05, 0) is 45.1 Å². The Morgan fingerprint density at radius 2 is 1.91 bits per heavy atom. The number of aromatic nitrogens is 5. The molecule has 0 aliphatic heterocycles. The number of nitrogens with zero attached hydrogens (tertiary/aromatic N) is 5. The van der Waals surface area contributed by atoms with Crippen molar-refractivity contribution < 1.29 is 0 Å². The highest BCUT2D eigenvalue weighted by Crippen LogP contribution is 2.22. The van der Waals surface area contributed by atoms with Crippen LogP contribution in [-0.4, -0.2) is 30.9 Å². The maximum absolute atomic E-state index is 6.47. The van der Waals surface area contributed by atoms with Crippen molar-refractivity contribution in [2.24, 2.45) is 5.10 Å². The number of rotatable bonds is 3. The number of aryl methyl sites for hydroxylation is 3. The lowest BCUT2D eigenvalue weighted by Gasteiger charge is -2.03. The van der Waals surface area contributed by atoms with Crippen molar-refractivity contribution in [3.63, 3.8) is 0 Å². The van der Waals surface area contributed by atoms with Gasteiger partial charge in [-0.2, -0.15) is 20.0 Å². The minimum Gasteiger partial charge on any atom is -0.250 e. The average Bonchev–Trinajstić information content (AvgIpc) is 2.99. The zero-order chi connectivity index (χ0) is 16.6. The van der Waals surface area contributed by atoms with Gasteiger partial charge < -0.3 is 0 Å². The van der Waals surface area contributed by atoms with Gasteiger partial charge in [0.1, 0.15) is 11.0 Å². The van der Waals surface area contributed by atoms with E-state index < -0.39 is 0 Å². The Kier molecular flexibility index (Phi) is 4.14. The molecule has 6 nitrogen and oxygen atoms in total.